The first-order valence-corrected chi connectivity index (χ1v) is 9.11. The second kappa shape index (κ2) is 6.69. The fraction of sp³-hybridized carbons (Fsp3) is 0.556. The molecule has 2 aliphatic heterocycles. The van der Waals surface area contributed by atoms with Gasteiger partial charge in [-0.3, -0.25) is 4.79 Å². The van der Waals surface area contributed by atoms with Crippen molar-refractivity contribution in [3.05, 3.63) is 28.6 Å². The maximum atomic E-state index is 12.8. The minimum Gasteiger partial charge on any atom is -0.429 e. The molecule has 0 aliphatic carbocycles. The lowest BCUT2D eigenvalue weighted by Gasteiger charge is -2.37. The summed E-state index contributed by atoms with van der Waals surface area (Å²) < 4.78 is 10.9. The molecular weight excluding hydrogens is 324 g/mol. The molecule has 4 rings (SSSR count). The summed E-state index contributed by atoms with van der Waals surface area (Å²) >= 11 is 5.00. The molecule has 1 amide bonds. The monoisotopic (exact) mass is 346 g/mol. The summed E-state index contributed by atoms with van der Waals surface area (Å²) in [6.07, 6.45) is 4.55. The third kappa shape index (κ3) is 3.13. The summed E-state index contributed by atoms with van der Waals surface area (Å²) in [5.41, 5.74) is 2.14. The highest BCUT2D eigenvalue weighted by atomic mass is 32.1. The standard InChI is InChI=1S/C18H22N2O3S/c21-17(14-1-2-15-16(11-14)23-18(24)19-15)20-7-3-12(4-8-20)13-5-9-22-10-6-13/h1-2,11-13H,3-10H2,(H,19,24). The highest BCUT2D eigenvalue weighted by molar-refractivity contribution is 7.71. The van der Waals surface area contributed by atoms with E-state index in [1.165, 1.54) is 12.8 Å². The minimum atomic E-state index is 0.0876. The van der Waals surface area contributed by atoms with E-state index in [-0.39, 0.29) is 5.91 Å². The van der Waals surface area contributed by atoms with Crippen molar-refractivity contribution in [1.82, 2.24) is 9.88 Å². The van der Waals surface area contributed by atoms with Crippen molar-refractivity contribution in [2.75, 3.05) is 26.3 Å². The molecule has 2 saturated heterocycles. The predicted molar refractivity (Wildman–Crippen MR) is 93.6 cm³/mol. The number of carbonyl (C=O) groups is 1. The molecule has 3 heterocycles. The van der Waals surface area contributed by atoms with E-state index in [2.05, 4.69) is 4.98 Å². The number of aromatic amines is 1. The Kier molecular flexibility index (Phi) is 4.41. The molecule has 5 nitrogen and oxygen atoms in total. The van der Waals surface area contributed by atoms with E-state index >= 15 is 0 Å². The molecule has 128 valence electrons. The Hall–Kier alpha value is -1.66. The number of carbonyl (C=O) groups excluding carboxylic acids is 1. The lowest BCUT2D eigenvalue weighted by atomic mass is 9.80. The van der Waals surface area contributed by atoms with Crippen LogP contribution in [-0.2, 0) is 4.74 Å². The van der Waals surface area contributed by atoms with E-state index in [1.54, 1.807) is 6.07 Å². The number of hydrogen-bond acceptors (Lipinski definition) is 4. The molecule has 6 heteroatoms. The Labute approximate surface area is 146 Å². The molecule has 1 N–H and O–H groups in total. The second-order valence-electron chi connectivity index (χ2n) is 6.80. The van der Waals surface area contributed by atoms with E-state index in [0.717, 1.165) is 56.5 Å². The summed E-state index contributed by atoms with van der Waals surface area (Å²) in [6.45, 7) is 3.48. The third-order valence-electron chi connectivity index (χ3n) is 5.43. The van der Waals surface area contributed by atoms with Gasteiger partial charge in [-0.25, -0.2) is 0 Å². The number of oxazole rings is 1. The van der Waals surface area contributed by atoms with Gasteiger partial charge < -0.3 is 19.0 Å². The molecule has 2 aliphatic rings. The molecule has 0 saturated carbocycles. The largest absolute Gasteiger partial charge is 0.429 e. The third-order valence-corrected chi connectivity index (χ3v) is 5.61. The van der Waals surface area contributed by atoms with Gasteiger partial charge in [0.1, 0.15) is 0 Å². The Morgan fingerprint density at radius 3 is 2.58 bits per heavy atom. The first-order chi connectivity index (χ1) is 11.7. The van der Waals surface area contributed by atoms with Gasteiger partial charge in [0.15, 0.2) is 5.58 Å². The molecule has 0 bridgehead atoms. The van der Waals surface area contributed by atoms with Crippen LogP contribution in [0.4, 0.5) is 0 Å². The minimum absolute atomic E-state index is 0.0876. The van der Waals surface area contributed by atoms with Crippen LogP contribution in [0, 0.1) is 16.7 Å². The van der Waals surface area contributed by atoms with Crippen molar-refractivity contribution < 1.29 is 13.9 Å². The van der Waals surface area contributed by atoms with Crippen LogP contribution in [0.2, 0.25) is 0 Å². The number of likely N-dealkylation sites (tertiary alicyclic amines) is 1. The second-order valence-corrected chi connectivity index (χ2v) is 7.18. The lowest BCUT2D eigenvalue weighted by molar-refractivity contribution is 0.0288. The number of ether oxygens (including phenoxy) is 1. The molecule has 2 fully saturated rings. The Morgan fingerprint density at radius 1 is 1.12 bits per heavy atom. The fourth-order valence-electron chi connectivity index (χ4n) is 4.02. The quantitative estimate of drug-likeness (QED) is 0.841. The molecule has 1 aromatic heterocycles. The predicted octanol–water partition coefficient (Wildman–Crippen LogP) is 3.77. The van der Waals surface area contributed by atoms with Crippen LogP contribution in [0.25, 0.3) is 11.1 Å². The fourth-order valence-corrected chi connectivity index (χ4v) is 4.22. The first kappa shape index (κ1) is 15.8. The number of piperidine rings is 1. The van der Waals surface area contributed by atoms with Gasteiger partial charge in [0.2, 0.25) is 0 Å². The van der Waals surface area contributed by atoms with Crippen LogP contribution in [0.3, 0.4) is 0 Å². The van der Waals surface area contributed by atoms with Gasteiger partial charge in [-0.05, 0) is 67.9 Å². The number of rotatable bonds is 2. The molecule has 0 spiro atoms. The Morgan fingerprint density at radius 2 is 1.83 bits per heavy atom. The first-order valence-electron chi connectivity index (χ1n) is 8.70. The number of H-pyrrole nitrogens is 1. The van der Waals surface area contributed by atoms with Crippen molar-refractivity contribution in [3.8, 4) is 0 Å². The number of aromatic nitrogens is 1. The number of nitrogens with zero attached hydrogens (tertiary/aromatic N) is 1. The van der Waals surface area contributed by atoms with E-state index in [1.807, 2.05) is 17.0 Å². The summed E-state index contributed by atoms with van der Waals surface area (Å²) in [4.78, 5) is 18.0. The normalized spacial score (nSPS) is 20.6. The smallest absolute Gasteiger partial charge is 0.266 e. The van der Waals surface area contributed by atoms with E-state index in [9.17, 15) is 4.79 Å². The average Bonchev–Trinajstić information content (AvgIpc) is 3.01. The summed E-state index contributed by atoms with van der Waals surface area (Å²) in [5.74, 6) is 1.60. The topological polar surface area (TPSA) is 58.5 Å². The number of fused-ring (bicyclic) bond motifs is 1. The molecule has 1 aromatic carbocycles. The van der Waals surface area contributed by atoms with Crippen LogP contribution >= 0.6 is 12.2 Å². The van der Waals surface area contributed by atoms with Gasteiger partial charge >= 0.3 is 0 Å². The SMILES string of the molecule is O=C(c1ccc2[nH]c(=S)oc2c1)N1CCC(C2CCOCC2)CC1. The molecular formula is C18H22N2O3S. The van der Waals surface area contributed by atoms with E-state index in [4.69, 9.17) is 21.4 Å². The van der Waals surface area contributed by atoms with Crippen LogP contribution in [0.1, 0.15) is 36.0 Å². The Bertz CT molecular complexity index is 783. The summed E-state index contributed by atoms with van der Waals surface area (Å²) in [5, 5.41) is 0. The van der Waals surface area contributed by atoms with Crippen molar-refractivity contribution >= 4 is 29.2 Å². The zero-order valence-electron chi connectivity index (χ0n) is 13.6. The zero-order valence-corrected chi connectivity index (χ0v) is 14.4. The summed E-state index contributed by atoms with van der Waals surface area (Å²) in [7, 11) is 0. The van der Waals surface area contributed by atoms with Gasteiger partial charge in [-0.1, -0.05) is 0 Å². The van der Waals surface area contributed by atoms with Gasteiger partial charge in [-0.2, -0.15) is 0 Å². The highest BCUT2D eigenvalue weighted by Gasteiger charge is 2.29. The van der Waals surface area contributed by atoms with Crippen LogP contribution < -0.4 is 0 Å². The van der Waals surface area contributed by atoms with Crippen molar-refractivity contribution in [2.45, 2.75) is 25.7 Å². The van der Waals surface area contributed by atoms with Crippen LogP contribution in [0.5, 0.6) is 0 Å². The maximum Gasteiger partial charge on any atom is 0.266 e. The highest BCUT2D eigenvalue weighted by Crippen LogP contribution is 2.32. The number of hydrogen-bond donors (Lipinski definition) is 1. The molecule has 0 atom stereocenters. The molecule has 0 radical (unpaired) electrons. The Balaban J connectivity index is 1.42. The van der Waals surface area contributed by atoms with E-state index in [0.29, 0.717) is 16.0 Å². The molecule has 0 unspecified atom stereocenters. The van der Waals surface area contributed by atoms with E-state index < -0.39 is 0 Å². The van der Waals surface area contributed by atoms with Crippen LogP contribution in [0.15, 0.2) is 22.6 Å². The van der Waals surface area contributed by atoms with Crippen molar-refractivity contribution in [3.63, 3.8) is 0 Å². The van der Waals surface area contributed by atoms with Crippen LogP contribution in [-0.4, -0.2) is 42.1 Å². The van der Waals surface area contributed by atoms with Gasteiger partial charge in [0, 0.05) is 31.9 Å². The van der Waals surface area contributed by atoms with Gasteiger partial charge in [0.05, 0.1) is 5.52 Å². The number of benzene rings is 1. The van der Waals surface area contributed by atoms with Gasteiger partial charge in [-0.15, -0.1) is 0 Å². The van der Waals surface area contributed by atoms with Crippen molar-refractivity contribution in [2.24, 2.45) is 11.8 Å². The number of nitrogens with one attached hydrogen (secondary N) is 1. The lowest BCUT2D eigenvalue weighted by Crippen LogP contribution is -2.40. The van der Waals surface area contributed by atoms with Crippen molar-refractivity contribution in [1.29, 1.82) is 0 Å². The van der Waals surface area contributed by atoms with Gasteiger partial charge in [0.25, 0.3) is 10.7 Å². The summed E-state index contributed by atoms with van der Waals surface area (Å²) in [6, 6.07) is 5.49. The molecule has 24 heavy (non-hydrogen) atoms. The number of amides is 1. The zero-order chi connectivity index (χ0) is 16.5. The maximum absolute atomic E-state index is 12.8. The average molecular weight is 346 g/mol. The molecule has 2 aromatic rings.